The summed E-state index contributed by atoms with van der Waals surface area (Å²) in [6, 6.07) is 0. The van der Waals surface area contributed by atoms with E-state index in [9.17, 15) is 4.79 Å². The van der Waals surface area contributed by atoms with E-state index in [1.165, 1.54) is 70.6 Å². The molecular formula is C26H46O2. The van der Waals surface area contributed by atoms with Crippen LogP contribution in [0.1, 0.15) is 117 Å². The number of carbonyl (C=O) groups excluding carboxylic acids is 1. The predicted octanol–water partition coefficient (Wildman–Crippen LogP) is 7.55. The van der Waals surface area contributed by atoms with Crippen molar-refractivity contribution < 1.29 is 9.53 Å². The minimum atomic E-state index is 0.137. The van der Waals surface area contributed by atoms with Gasteiger partial charge in [-0.15, -0.1) is 0 Å². The van der Waals surface area contributed by atoms with Crippen molar-refractivity contribution >= 4 is 5.97 Å². The minimum absolute atomic E-state index is 0.137. The van der Waals surface area contributed by atoms with E-state index in [-0.39, 0.29) is 18.0 Å². The molecule has 3 aliphatic rings. The summed E-state index contributed by atoms with van der Waals surface area (Å²) in [5, 5.41) is 0. The van der Waals surface area contributed by atoms with E-state index in [0.29, 0.717) is 0 Å². The van der Waals surface area contributed by atoms with Gasteiger partial charge in [-0.3, -0.25) is 4.79 Å². The highest BCUT2D eigenvalue weighted by Gasteiger charge is 2.37. The van der Waals surface area contributed by atoms with Crippen molar-refractivity contribution in [2.45, 2.75) is 123 Å². The third-order valence-electron chi connectivity index (χ3n) is 8.67. The van der Waals surface area contributed by atoms with Crippen LogP contribution >= 0.6 is 0 Å². The van der Waals surface area contributed by atoms with Crippen molar-refractivity contribution in [3.8, 4) is 0 Å². The summed E-state index contributed by atoms with van der Waals surface area (Å²) >= 11 is 0. The second kappa shape index (κ2) is 11.0. The van der Waals surface area contributed by atoms with E-state index in [1.807, 2.05) is 0 Å². The number of hydrogen-bond donors (Lipinski definition) is 0. The molecule has 2 nitrogen and oxygen atoms in total. The molecule has 0 aromatic rings. The van der Waals surface area contributed by atoms with Gasteiger partial charge in [0.1, 0.15) is 6.10 Å². The Hall–Kier alpha value is -0.530. The van der Waals surface area contributed by atoms with Crippen molar-refractivity contribution in [3.05, 3.63) is 0 Å². The Bertz CT molecular complexity index is 457. The van der Waals surface area contributed by atoms with Crippen LogP contribution in [0.2, 0.25) is 0 Å². The molecule has 3 aliphatic carbocycles. The molecule has 0 amide bonds. The molecule has 0 radical (unpaired) electrons. The Kier molecular flexibility index (Phi) is 8.72. The molecule has 0 aromatic heterocycles. The van der Waals surface area contributed by atoms with Crippen molar-refractivity contribution in [3.63, 3.8) is 0 Å². The van der Waals surface area contributed by atoms with Crippen molar-refractivity contribution in [1.29, 1.82) is 0 Å². The first-order valence-electron chi connectivity index (χ1n) is 12.8. The Morgan fingerprint density at radius 2 is 1.54 bits per heavy atom. The first kappa shape index (κ1) is 22.2. The smallest absolute Gasteiger partial charge is 0.309 e. The summed E-state index contributed by atoms with van der Waals surface area (Å²) in [6.07, 6.45) is 19.3. The van der Waals surface area contributed by atoms with Crippen LogP contribution in [0.4, 0.5) is 0 Å². The number of esters is 1. The molecule has 3 rings (SSSR count). The third-order valence-corrected chi connectivity index (χ3v) is 8.67. The van der Waals surface area contributed by atoms with Gasteiger partial charge in [0.25, 0.3) is 0 Å². The number of unbranched alkanes of at least 4 members (excludes halogenated alkanes) is 1. The summed E-state index contributed by atoms with van der Waals surface area (Å²) in [4.78, 5) is 12.7. The second-order valence-corrected chi connectivity index (χ2v) is 10.6. The monoisotopic (exact) mass is 390 g/mol. The standard InChI is InChI=1S/C26H46O2/c1-4-6-7-21-8-15-24(16-9-21)28-26(27)23-13-11-22(12-14-23)25-17-10-20(5-2)18-19(25)3/h19-25H,4-18H2,1-3H3. The minimum Gasteiger partial charge on any atom is -0.462 e. The Balaban J connectivity index is 1.36. The Morgan fingerprint density at radius 3 is 2.14 bits per heavy atom. The van der Waals surface area contributed by atoms with E-state index >= 15 is 0 Å². The van der Waals surface area contributed by atoms with Gasteiger partial charge in [-0.2, -0.15) is 0 Å². The summed E-state index contributed by atoms with van der Waals surface area (Å²) in [6.45, 7) is 7.12. The maximum absolute atomic E-state index is 12.7. The lowest BCUT2D eigenvalue weighted by Gasteiger charge is -2.41. The molecule has 0 aliphatic heterocycles. The average Bonchev–Trinajstić information content (AvgIpc) is 2.73. The summed E-state index contributed by atoms with van der Waals surface area (Å²) < 4.78 is 5.98. The van der Waals surface area contributed by atoms with Gasteiger partial charge >= 0.3 is 5.97 Å². The van der Waals surface area contributed by atoms with Crippen LogP contribution in [-0.4, -0.2) is 12.1 Å². The summed E-state index contributed by atoms with van der Waals surface area (Å²) in [7, 11) is 0. The van der Waals surface area contributed by atoms with Gasteiger partial charge in [-0.1, -0.05) is 52.9 Å². The van der Waals surface area contributed by atoms with E-state index in [2.05, 4.69) is 20.8 Å². The lowest BCUT2D eigenvalue weighted by atomic mass is 9.64. The molecular weight excluding hydrogens is 344 g/mol. The average molecular weight is 391 g/mol. The Morgan fingerprint density at radius 1 is 0.857 bits per heavy atom. The molecule has 3 atom stereocenters. The highest BCUT2D eigenvalue weighted by atomic mass is 16.5. The van der Waals surface area contributed by atoms with Crippen molar-refractivity contribution in [2.24, 2.45) is 35.5 Å². The SMILES string of the molecule is CCCCC1CCC(OC(=O)C2CCC(C3CCC(CC)CC3C)CC2)CC1. The number of rotatable bonds is 7. The number of carbonyl (C=O) groups is 1. The van der Waals surface area contributed by atoms with Crippen molar-refractivity contribution in [1.82, 2.24) is 0 Å². The zero-order chi connectivity index (χ0) is 19.9. The number of ether oxygens (including phenoxy) is 1. The predicted molar refractivity (Wildman–Crippen MR) is 117 cm³/mol. The molecule has 0 spiro atoms. The van der Waals surface area contributed by atoms with Gasteiger partial charge in [0.2, 0.25) is 0 Å². The quantitative estimate of drug-likeness (QED) is 0.419. The van der Waals surface area contributed by atoms with E-state index in [0.717, 1.165) is 55.3 Å². The maximum Gasteiger partial charge on any atom is 0.309 e. The fourth-order valence-corrected chi connectivity index (χ4v) is 6.68. The highest BCUT2D eigenvalue weighted by molar-refractivity contribution is 5.72. The summed E-state index contributed by atoms with van der Waals surface area (Å²) in [5.41, 5.74) is 0. The highest BCUT2D eigenvalue weighted by Crippen LogP contribution is 2.45. The van der Waals surface area contributed by atoms with Crippen LogP contribution in [0.15, 0.2) is 0 Å². The van der Waals surface area contributed by atoms with Gasteiger partial charge in [0, 0.05) is 0 Å². The molecule has 3 unspecified atom stereocenters. The molecule has 0 heterocycles. The normalized spacial score (nSPS) is 39.5. The fraction of sp³-hybridized carbons (Fsp3) is 0.962. The first-order chi connectivity index (χ1) is 13.6. The molecule has 0 aromatic carbocycles. The van der Waals surface area contributed by atoms with Crippen molar-refractivity contribution in [2.75, 3.05) is 0 Å². The van der Waals surface area contributed by atoms with Crippen LogP contribution in [0.25, 0.3) is 0 Å². The van der Waals surface area contributed by atoms with Gasteiger partial charge < -0.3 is 4.74 Å². The maximum atomic E-state index is 12.7. The fourth-order valence-electron chi connectivity index (χ4n) is 6.68. The van der Waals surface area contributed by atoms with E-state index < -0.39 is 0 Å². The van der Waals surface area contributed by atoms with E-state index in [1.54, 1.807) is 0 Å². The molecule has 3 saturated carbocycles. The third kappa shape index (κ3) is 5.99. The molecule has 0 saturated heterocycles. The van der Waals surface area contributed by atoms with Crippen LogP contribution in [0.3, 0.4) is 0 Å². The Labute approximate surface area is 174 Å². The lowest BCUT2D eigenvalue weighted by Crippen LogP contribution is -2.34. The van der Waals surface area contributed by atoms with Gasteiger partial charge in [0.15, 0.2) is 0 Å². The largest absolute Gasteiger partial charge is 0.462 e. The molecule has 0 bridgehead atoms. The topological polar surface area (TPSA) is 26.3 Å². The van der Waals surface area contributed by atoms with Crippen LogP contribution < -0.4 is 0 Å². The van der Waals surface area contributed by atoms with Crippen LogP contribution in [0, 0.1) is 35.5 Å². The number of hydrogen-bond acceptors (Lipinski definition) is 2. The first-order valence-corrected chi connectivity index (χ1v) is 12.8. The molecule has 2 heteroatoms. The van der Waals surface area contributed by atoms with Gasteiger partial charge in [-0.05, 0) is 93.8 Å². The van der Waals surface area contributed by atoms with Gasteiger partial charge in [0.05, 0.1) is 5.92 Å². The molecule has 3 fully saturated rings. The lowest BCUT2D eigenvalue weighted by molar-refractivity contribution is -0.157. The molecule has 0 N–H and O–H groups in total. The van der Waals surface area contributed by atoms with Gasteiger partial charge in [-0.25, -0.2) is 0 Å². The zero-order valence-corrected chi connectivity index (χ0v) is 19.0. The second-order valence-electron chi connectivity index (χ2n) is 10.6. The zero-order valence-electron chi connectivity index (χ0n) is 19.0. The molecule has 162 valence electrons. The summed E-state index contributed by atoms with van der Waals surface area (Å²) in [5.74, 6) is 4.85. The molecule has 28 heavy (non-hydrogen) atoms. The van der Waals surface area contributed by atoms with Crippen LogP contribution in [-0.2, 0) is 9.53 Å². The van der Waals surface area contributed by atoms with E-state index in [4.69, 9.17) is 4.74 Å². The van der Waals surface area contributed by atoms with Crippen LogP contribution in [0.5, 0.6) is 0 Å².